The van der Waals surface area contributed by atoms with E-state index in [4.69, 9.17) is 9.97 Å². The Morgan fingerprint density at radius 2 is 1.14 bits per heavy atom. The van der Waals surface area contributed by atoms with Gasteiger partial charge in [-0.2, -0.15) is 0 Å². The monoisotopic (exact) mass is 1190 g/mol. The Labute approximate surface area is 456 Å². The minimum absolute atomic E-state index is 0. The zero-order chi connectivity index (χ0) is 52.2. The van der Waals surface area contributed by atoms with Gasteiger partial charge in [0.25, 0.3) is 0 Å². The minimum Gasteiger partial charge on any atom is -0.507 e. The van der Waals surface area contributed by atoms with Gasteiger partial charge in [0.2, 0.25) is 0 Å². The van der Waals surface area contributed by atoms with E-state index in [0.717, 1.165) is 88.9 Å². The van der Waals surface area contributed by atoms with Gasteiger partial charge in [0.15, 0.2) is 0 Å². The number of benzene rings is 7. The molecule has 8 heteroatoms. The fourth-order valence-electron chi connectivity index (χ4n) is 10.4. The molecule has 0 fully saturated rings. The van der Waals surface area contributed by atoms with Crippen molar-refractivity contribution >= 4 is 59.4 Å². The molecule has 0 aliphatic rings. The van der Waals surface area contributed by atoms with Crippen LogP contribution in [0.1, 0.15) is 79.0 Å². The van der Waals surface area contributed by atoms with Gasteiger partial charge in [-0.1, -0.05) is 214 Å². The molecule has 3 heterocycles. The molecule has 0 saturated heterocycles. The van der Waals surface area contributed by atoms with Crippen LogP contribution in [0.5, 0.6) is 5.75 Å². The van der Waals surface area contributed by atoms with Crippen LogP contribution in [-0.4, -0.2) is 40.4 Å². The average Bonchev–Trinajstić information content (AvgIpc) is 3.89. The smallest absolute Gasteiger partial charge is 0.148 e. The zero-order valence-corrected chi connectivity index (χ0v) is 50.3. The number of nitrogens with zero attached hydrogens (tertiary/aromatic N) is 4. The van der Waals surface area contributed by atoms with Gasteiger partial charge in [-0.15, -0.1) is 29.3 Å². The molecule has 74 heavy (non-hydrogen) atoms. The summed E-state index contributed by atoms with van der Waals surface area (Å²) in [5, 5.41) is 17.8. The molecule has 3 aromatic heterocycles. The van der Waals surface area contributed by atoms with Crippen molar-refractivity contribution in [2.24, 2.45) is 0 Å². The topological polar surface area (TPSA) is 55.9 Å². The van der Waals surface area contributed by atoms with Gasteiger partial charge in [-0.25, -0.2) is 4.98 Å². The molecule has 7 aromatic carbocycles. The molecule has 380 valence electrons. The predicted octanol–water partition coefficient (Wildman–Crippen LogP) is 16.7. The molecular formula is C66H71N4OPtSi2-. The Kier molecular flexibility index (Phi) is 13.5. The second kappa shape index (κ2) is 18.9. The molecule has 0 bridgehead atoms. The van der Waals surface area contributed by atoms with Gasteiger partial charge >= 0.3 is 0 Å². The largest absolute Gasteiger partial charge is 0.507 e. The molecule has 0 amide bonds. The van der Waals surface area contributed by atoms with E-state index in [2.05, 4.69) is 262 Å². The van der Waals surface area contributed by atoms with Crippen molar-refractivity contribution in [3.05, 3.63) is 175 Å². The SMILES string of the molecule is CC(C)(C)c1cc(-c2cccc3c2nc(-c2cc(C(C)(C)C)cc(C(C)(C)C)c2O)n3-c2ccc([Si](C)(C)C)cc2-c2ccccc2)[c-]c(-c2nccc3c2c2ccccc2n3-c2cccc([Si](C)(C)C)c2)c1.[Pt]. The third-order valence-electron chi connectivity index (χ3n) is 14.7. The minimum atomic E-state index is -1.74. The fourth-order valence-corrected chi connectivity index (χ4v) is 12.7. The second-order valence-corrected chi connectivity index (χ2v) is 35.5. The van der Waals surface area contributed by atoms with E-state index < -0.39 is 16.1 Å². The fraction of sp³-hybridized carbons (Fsp3) is 0.273. The summed E-state index contributed by atoms with van der Waals surface area (Å²) in [6.07, 6.45) is 1.96. The third kappa shape index (κ3) is 9.61. The average molecular weight is 1190 g/mol. The van der Waals surface area contributed by atoms with Crippen LogP contribution in [0.4, 0.5) is 0 Å². The number of hydrogen-bond donors (Lipinski definition) is 1. The summed E-state index contributed by atoms with van der Waals surface area (Å²) in [6.45, 7) is 34.5. The van der Waals surface area contributed by atoms with E-state index in [1.807, 2.05) is 6.20 Å². The summed E-state index contributed by atoms with van der Waals surface area (Å²) in [7, 11) is -3.34. The first-order valence-corrected chi connectivity index (χ1v) is 33.0. The first-order valence-electron chi connectivity index (χ1n) is 26.0. The Hall–Kier alpha value is -6.12. The van der Waals surface area contributed by atoms with Crippen molar-refractivity contribution in [3.63, 3.8) is 0 Å². The molecule has 0 spiro atoms. The van der Waals surface area contributed by atoms with Gasteiger partial charge in [0.05, 0.1) is 49.5 Å². The number of phenolic OH excluding ortho intramolecular Hbond substituents is 1. The summed E-state index contributed by atoms with van der Waals surface area (Å²) in [4.78, 5) is 11.0. The first kappa shape index (κ1) is 52.7. The number of aromatic nitrogens is 4. The molecular weight excluding hydrogens is 1120 g/mol. The van der Waals surface area contributed by atoms with Crippen molar-refractivity contribution in [2.45, 2.75) is 118 Å². The van der Waals surface area contributed by atoms with Crippen molar-refractivity contribution in [1.29, 1.82) is 0 Å². The molecule has 0 radical (unpaired) electrons. The van der Waals surface area contributed by atoms with Crippen LogP contribution < -0.4 is 10.4 Å². The maximum Gasteiger partial charge on any atom is 0.148 e. The van der Waals surface area contributed by atoms with Gasteiger partial charge in [-0.3, -0.25) is 9.55 Å². The maximum absolute atomic E-state index is 12.7. The molecule has 0 unspecified atom stereocenters. The van der Waals surface area contributed by atoms with Crippen molar-refractivity contribution in [2.75, 3.05) is 0 Å². The number of fused-ring (bicyclic) bond motifs is 4. The van der Waals surface area contributed by atoms with Crippen molar-refractivity contribution in [1.82, 2.24) is 19.1 Å². The maximum atomic E-state index is 12.7. The Morgan fingerprint density at radius 3 is 1.81 bits per heavy atom. The van der Waals surface area contributed by atoms with E-state index in [-0.39, 0.29) is 43.1 Å². The third-order valence-corrected chi connectivity index (χ3v) is 18.8. The molecule has 0 atom stereocenters. The number of hydrogen-bond acceptors (Lipinski definition) is 3. The first-order chi connectivity index (χ1) is 34.3. The van der Waals surface area contributed by atoms with E-state index in [1.165, 1.54) is 15.9 Å². The van der Waals surface area contributed by atoms with Crippen LogP contribution in [0.2, 0.25) is 39.3 Å². The molecule has 5 nitrogen and oxygen atoms in total. The van der Waals surface area contributed by atoms with E-state index in [1.54, 1.807) is 0 Å². The summed E-state index contributed by atoms with van der Waals surface area (Å²) in [5.41, 5.74) is 15.4. The summed E-state index contributed by atoms with van der Waals surface area (Å²) in [6, 6.07) is 57.3. The molecule has 0 aliphatic heterocycles. The van der Waals surface area contributed by atoms with Crippen LogP contribution in [0, 0.1) is 6.07 Å². The molecule has 0 saturated carbocycles. The van der Waals surface area contributed by atoms with Gasteiger partial charge in [0, 0.05) is 60.5 Å². The number of aromatic hydroxyl groups is 1. The number of rotatable bonds is 8. The summed E-state index contributed by atoms with van der Waals surface area (Å²) >= 11 is 0. The van der Waals surface area contributed by atoms with E-state index in [9.17, 15) is 5.11 Å². The number of pyridine rings is 1. The zero-order valence-electron chi connectivity index (χ0n) is 46.0. The van der Waals surface area contributed by atoms with Crippen LogP contribution in [0.3, 0.4) is 0 Å². The standard InChI is InChI=1S/C66H71N4OSi2.Pt/c1-64(2,3)45-36-43(35-44(37-45)60-59-51-27-19-20-29-55(51)69(57(59)33-34-67-60)47-25-21-26-48(40-47)72(10,11)12)50-28-22-30-58-61(50)68-63(53-38-46(65(4,5)6)39-54(62(53)71)66(7,8)9)70(58)56-32-31-49(73(13,14)15)41-52(56)42-23-17-16-18-24-42;/h16-34,36-41,71H,1-15H3;/q-1;. The molecule has 10 rings (SSSR count). The number of para-hydroxylation sites is 2. The Bertz CT molecular complexity index is 3770. The summed E-state index contributed by atoms with van der Waals surface area (Å²) < 4.78 is 4.73. The number of phenols is 1. The quantitative estimate of drug-likeness (QED) is 0.122. The van der Waals surface area contributed by atoms with Crippen LogP contribution in [0.25, 0.3) is 89.1 Å². The Morgan fingerprint density at radius 1 is 0.514 bits per heavy atom. The van der Waals surface area contributed by atoms with Crippen molar-refractivity contribution < 1.29 is 26.2 Å². The molecule has 10 aromatic rings. The van der Waals surface area contributed by atoms with Crippen LogP contribution in [-0.2, 0) is 37.3 Å². The second-order valence-electron chi connectivity index (χ2n) is 25.4. The van der Waals surface area contributed by atoms with Crippen molar-refractivity contribution in [3.8, 4) is 62.0 Å². The van der Waals surface area contributed by atoms with Gasteiger partial charge in [0.1, 0.15) is 11.6 Å². The van der Waals surface area contributed by atoms with E-state index in [0.29, 0.717) is 11.4 Å². The van der Waals surface area contributed by atoms with Gasteiger partial charge in [-0.05, 0) is 69.8 Å². The van der Waals surface area contributed by atoms with E-state index >= 15 is 0 Å². The Balaban J connectivity index is 0.00000672. The summed E-state index contributed by atoms with van der Waals surface area (Å²) in [5.74, 6) is 0.951. The van der Waals surface area contributed by atoms with Crippen LogP contribution in [0.15, 0.2) is 152 Å². The predicted molar refractivity (Wildman–Crippen MR) is 318 cm³/mol. The number of imidazole rings is 1. The van der Waals surface area contributed by atoms with Crippen LogP contribution >= 0.6 is 0 Å². The van der Waals surface area contributed by atoms with Gasteiger partial charge < -0.3 is 9.67 Å². The normalized spacial score (nSPS) is 12.7. The molecule has 1 N–H and O–H groups in total. The molecule has 0 aliphatic carbocycles.